The van der Waals surface area contributed by atoms with Crippen LogP contribution in [0.3, 0.4) is 0 Å². The maximum Gasteiger partial charge on any atom is 0.191 e. The molecule has 2 N–H and O–H groups in total. The molecule has 0 fully saturated rings. The Bertz CT molecular complexity index is 691. The Balaban J connectivity index is 1.69. The minimum absolute atomic E-state index is 0.851. The Morgan fingerprint density at radius 2 is 2.08 bits per heavy atom. The average molecular weight is 357 g/mol. The molecule has 0 amide bonds. The molecular formula is C20H32N6. The van der Waals surface area contributed by atoms with Crippen LogP contribution in [0.5, 0.6) is 0 Å². The van der Waals surface area contributed by atoms with E-state index in [4.69, 9.17) is 0 Å². The lowest BCUT2D eigenvalue weighted by Crippen LogP contribution is -2.42. The Morgan fingerprint density at radius 3 is 2.73 bits per heavy atom. The molecule has 0 aliphatic carbocycles. The Labute approximate surface area is 157 Å². The summed E-state index contributed by atoms with van der Waals surface area (Å²) >= 11 is 0. The van der Waals surface area contributed by atoms with E-state index in [9.17, 15) is 0 Å². The summed E-state index contributed by atoms with van der Waals surface area (Å²) in [5.41, 5.74) is 3.84. The second kappa shape index (κ2) is 10.5. The summed E-state index contributed by atoms with van der Waals surface area (Å²) in [7, 11) is 3.76. The molecule has 0 aliphatic heterocycles. The van der Waals surface area contributed by atoms with Crippen LogP contribution >= 0.6 is 0 Å². The van der Waals surface area contributed by atoms with E-state index >= 15 is 0 Å². The van der Waals surface area contributed by atoms with Crippen molar-refractivity contribution in [3.05, 3.63) is 47.8 Å². The fourth-order valence-electron chi connectivity index (χ4n) is 2.92. The highest BCUT2D eigenvalue weighted by atomic mass is 15.2. The predicted octanol–water partition coefficient (Wildman–Crippen LogP) is 2.35. The third-order valence-corrected chi connectivity index (χ3v) is 4.34. The first-order chi connectivity index (χ1) is 12.6. The number of rotatable bonds is 9. The molecule has 2 aromatic rings. The zero-order valence-electron chi connectivity index (χ0n) is 16.5. The molecule has 6 heteroatoms. The Hall–Kier alpha value is -2.50. The number of aryl methyl sites for hydroxylation is 3. The number of aliphatic imine (C=N–C) groups is 1. The minimum Gasteiger partial charge on any atom is -0.370 e. The van der Waals surface area contributed by atoms with E-state index in [-0.39, 0.29) is 0 Å². The van der Waals surface area contributed by atoms with Gasteiger partial charge in [0.25, 0.3) is 0 Å². The summed E-state index contributed by atoms with van der Waals surface area (Å²) in [4.78, 5) is 6.68. The number of benzene rings is 1. The minimum atomic E-state index is 0.851. The van der Waals surface area contributed by atoms with Gasteiger partial charge in [-0.05, 0) is 49.9 Å². The first kappa shape index (κ1) is 19.8. The first-order valence-corrected chi connectivity index (χ1v) is 9.36. The van der Waals surface area contributed by atoms with E-state index in [0.29, 0.717) is 0 Å². The molecule has 0 unspecified atom stereocenters. The molecule has 26 heavy (non-hydrogen) atoms. The van der Waals surface area contributed by atoms with Crippen LogP contribution in [0.25, 0.3) is 0 Å². The normalized spacial score (nSPS) is 11.5. The van der Waals surface area contributed by atoms with E-state index in [2.05, 4.69) is 69.9 Å². The second-order valence-corrected chi connectivity index (χ2v) is 6.47. The van der Waals surface area contributed by atoms with Gasteiger partial charge in [0.1, 0.15) is 0 Å². The fourth-order valence-corrected chi connectivity index (χ4v) is 2.92. The molecule has 6 nitrogen and oxygen atoms in total. The molecular weight excluding hydrogens is 324 g/mol. The highest BCUT2D eigenvalue weighted by molar-refractivity contribution is 5.79. The van der Waals surface area contributed by atoms with Crippen LogP contribution in [0.4, 0.5) is 5.69 Å². The number of guanidine groups is 1. The van der Waals surface area contributed by atoms with Gasteiger partial charge in [0.05, 0.1) is 6.20 Å². The number of hydrogen-bond donors (Lipinski definition) is 2. The van der Waals surface area contributed by atoms with Crippen molar-refractivity contribution in [1.29, 1.82) is 0 Å². The van der Waals surface area contributed by atoms with Gasteiger partial charge in [-0.15, -0.1) is 0 Å². The van der Waals surface area contributed by atoms with Gasteiger partial charge in [0.15, 0.2) is 5.96 Å². The quantitative estimate of drug-likeness (QED) is 0.411. The average Bonchev–Trinajstić information content (AvgIpc) is 3.05. The fraction of sp³-hybridized carbons (Fsp3) is 0.500. The molecule has 1 aromatic carbocycles. The van der Waals surface area contributed by atoms with Crippen LogP contribution in [0.15, 0.2) is 41.7 Å². The second-order valence-electron chi connectivity index (χ2n) is 6.47. The first-order valence-electron chi connectivity index (χ1n) is 9.36. The van der Waals surface area contributed by atoms with Crippen molar-refractivity contribution in [3.63, 3.8) is 0 Å². The van der Waals surface area contributed by atoms with Crippen molar-refractivity contribution >= 4 is 11.6 Å². The predicted molar refractivity (Wildman–Crippen MR) is 110 cm³/mol. The van der Waals surface area contributed by atoms with E-state index in [1.807, 2.05) is 25.0 Å². The number of nitrogens with zero attached hydrogens (tertiary/aromatic N) is 4. The standard InChI is InChI=1S/C20H32N6/c1-5-26(19-10-6-8-17(2)14-19)13-12-23-20(21-3)22-11-7-9-18-15-24-25(4)16-18/h6,8,10,14-16H,5,7,9,11-13H2,1-4H3,(H2,21,22,23). The molecule has 0 radical (unpaired) electrons. The summed E-state index contributed by atoms with van der Waals surface area (Å²) in [6, 6.07) is 8.65. The molecule has 2 rings (SSSR count). The molecule has 1 aromatic heterocycles. The number of aromatic nitrogens is 2. The topological polar surface area (TPSA) is 57.5 Å². The van der Waals surface area contributed by atoms with Gasteiger partial charge >= 0.3 is 0 Å². The van der Waals surface area contributed by atoms with E-state index in [1.54, 1.807) is 0 Å². The summed E-state index contributed by atoms with van der Waals surface area (Å²) in [5, 5.41) is 11.0. The Morgan fingerprint density at radius 1 is 1.27 bits per heavy atom. The van der Waals surface area contributed by atoms with Gasteiger partial charge in [0, 0.05) is 52.2 Å². The smallest absolute Gasteiger partial charge is 0.191 e. The highest BCUT2D eigenvalue weighted by Gasteiger charge is 2.05. The maximum atomic E-state index is 4.31. The maximum absolute atomic E-state index is 4.31. The number of anilines is 1. The van der Waals surface area contributed by atoms with Crippen molar-refractivity contribution < 1.29 is 0 Å². The highest BCUT2D eigenvalue weighted by Crippen LogP contribution is 2.14. The van der Waals surface area contributed by atoms with Crippen LogP contribution in [0, 0.1) is 6.92 Å². The monoisotopic (exact) mass is 356 g/mol. The summed E-state index contributed by atoms with van der Waals surface area (Å²) in [5.74, 6) is 0.858. The molecule has 0 saturated carbocycles. The largest absolute Gasteiger partial charge is 0.370 e. The van der Waals surface area contributed by atoms with Gasteiger partial charge in [-0.1, -0.05) is 12.1 Å². The van der Waals surface area contributed by atoms with Gasteiger partial charge in [-0.3, -0.25) is 9.67 Å². The number of likely N-dealkylation sites (N-methyl/N-ethyl adjacent to an activating group) is 1. The number of nitrogens with one attached hydrogen (secondary N) is 2. The third-order valence-electron chi connectivity index (χ3n) is 4.34. The summed E-state index contributed by atoms with van der Waals surface area (Å²) in [6.07, 6.45) is 6.07. The van der Waals surface area contributed by atoms with Crippen molar-refractivity contribution in [2.24, 2.45) is 12.0 Å². The van der Waals surface area contributed by atoms with Gasteiger partial charge in [0.2, 0.25) is 0 Å². The van der Waals surface area contributed by atoms with Crippen LogP contribution < -0.4 is 15.5 Å². The lowest BCUT2D eigenvalue weighted by molar-refractivity contribution is 0.724. The molecule has 0 spiro atoms. The molecule has 1 heterocycles. The summed E-state index contributed by atoms with van der Waals surface area (Å²) < 4.78 is 1.84. The molecule has 0 atom stereocenters. The molecule has 0 saturated heterocycles. The van der Waals surface area contributed by atoms with Crippen molar-refractivity contribution in [2.75, 3.05) is 38.1 Å². The van der Waals surface area contributed by atoms with Gasteiger partial charge in [-0.25, -0.2) is 0 Å². The molecule has 0 bridgehead atoms. The van der Waals surface area contributed by atoms with Gasteiger partial charge < -0.3 is 15.5 Å². The van der Waals surface area contributed by atoms with Crippen LogP contribution in [0.1, 0.15) is 24.5 Å². The summed E-state index contributed by atoms with van der Waals surface area (Å²) in [6.45, 7) is 7.99. The zero-order valence-corrected chi connectivity index (χ0v) is 16.5. The lowest BCUT2D eigenvalue weighted by atomic mass is 10.2. The van der Waals surface area contributed by atoms with Crippen molar-refractivity contribution in [1.82, 2.24) is 20.4 Å². The molecule has 0 aliphatic rings. The van der Waals surface area contributed by atoms with E-state index in [1.165, 1.54) is 16.8 Å². The van der Waals surface area contributed by atoms with Crippen LogP contribution in [-0.4, -0.2) is 49.0 Å². The number of hydrogen-bond acceptors (Lipinski definition) is 3. The SMILES string of the molecule is CCN(CCNC(=NC)NCCCc1cnn(C)c1)c1cccc(C)c1. The van der Waals surface area contributed by atoms with Gasteiger partial charge in [-0.2, -0.15) is 5.10 Å². The third kappa shape index (κ3) is 6.43. The van der Waals surface area contributed by atoms with Crippen LogP contribution in [0.2, 0.25) is 0 Å². The lowest BCUT2D eigenvalue weighted by Gasteiger charge is -2.24. The van der Waals surface area contributed by atoms with Crippen molar-refractivity contribution in [2.45, 2.75) is 26.7 Å². The van der Waals surface area contributed by atoms with Crippen LogP contribution in [-0.2, 0) is 13.5 Å². The van der Waals surface area contributed by atoms with E-state index in [0.717, 1.165) is 45.0 Å². The Kier molecular flexibility index (Phi) is 7.99. The van der Waals surface area contributed by atoms with E-state index < -0.39 is 0 Å². The van der Waals surface area contributed by atoms with Crippen molar-refractivity contribution in [3.8, 4) is 0 Å². The molecule has 142 valence electrons. The zero-order chi connectivity index (χ0) is 18.8.